The van der Waals surface area contributed by atoms with Crippen LogP contribution in [0.4, 0.5) is 0 Å². The highest BCUT2D eigenvalue weighted by Gasteiger charge is 2.18. The van der Waals surface area contributed by atoms with Crippen molar-refractivity contribution in [3.05, 3.63) is 106 Å². The van der Waals surface area contributed by atoms with Gasteiger partial charge in [0.25, 0.3) is 5.56 Å². The van der Waals surface area contributed by atoms with Crippen molar-refractivity contribution < 1.29 is 14.3 Å². The Bertz CT molecular complexity index is 1250. The molecule has 0 radical (unpaired) electrons. The van der Waals surface area contributed by atoms with E-state index in [0.717, 1.165) is 11.1 Å². The molecule has 4 rings (SSSR count). The van der Waals surface area contributed by atoms with E-state index in [2.05, 4.69) is 5.10 Å². The zero-order valence-corrected chi connectivity index (χ0v) is 17.2. The van der Waals surface area contributed by atoms with Gasteiger partial charge in [0.05, 0.1) is 11.9 Å². The van der Waals surface area contributed by atoms with Gasteiger partial charge in [0.2, 0.25) is 0 Å². The zero-order valence-electron chi connectivity index (χ0n) is 17.2. The monoisotopic (exact) mass is 414 g/mol. The molecular formula is C25H22N2O4. The molecule has 0 aliphatic rings. The first kappa shape index (κ1) is 20.3. The summed E-state index contributed by atoms with van der Waals surface area (Å²) in [5.41, 5.74) is 1.92. The third kappa shape index (κ3) is 4.80. The molecule has 0 N–H and O–H groups in total. The molecule has 0 fully saturated rings. The lowest BCUT2D eigenvalue weighted by Crippen LogP contribution is -2.27. The molecule has 0 aliphatic carbocycles. The summed E-state index contributed by atoms with van der Waals surface area (Å²) >= 11 is 0. The lowest BCUT2D eigenvalue weighted by atomic mass is 10.1. The minimum atomic E-state index is -0.592. The smallest absolute Gasteiger partial charge is 0.359 e. The number of hydrogen-bond donors (Lipinski definition) is 0. The average Bonchev–Trinajstić information content (AvgIpc) is 2.80. The molecule has 1 aromatic heterocycles. The predicted octanol–water partition coefficient (Wildman–Crippen LogP) is 3.99. The summed E-state index contributed by atoms with van der Waals surface area (Å²) in [6, 6.07) is 24.1. The van der Waals surface area contributed by atoms with E-state index in [4.69, 9.17) is 9.47 Å². The molecule has 156 valence electrons. The van der Waals surface area contributed by atoms with Crippen LogP contribution in [-0.4, -0.2) is 29.0 Å². The van der Waals surface area contributed by atoms with Crippen LogP contribution in [0.1, 0.15) is 21.6 Å². The Kier molecular flexibility index (Phi) is 6.08. The Labute approximate surface area is 179 Å². The van der Waals surface area contributed by atoms with Crippen LogP contribution < -0.4 is 10.3 Å². The predicted molar refractivity (Wildman–Crippen MR) is 119 cm³/mol. The van der Waals surface area contributed by atoms with Crippen LogP contribution >= 0.6 is 0 Å². The Hall–Kier alpha value is -3.93. The van der Waals surface area contributed by atoms with Crippen molar-refractivity contribution in [2.45, 2.75) is 13.5 Å². The number of aryl methyl sites for hydroxylation is 1. The topological polar surface area (TPSA) is 70.4 Å². The minimum Gasteiger partial charge on any atom is -0.490 e. The maximum absolute atomic E-state index is 12.9. The number of esters is 1. The largest absolute Gasteiger partial charge is 0.490 e. The van der Waals surface area contributed by atoms with E-state index >= 15 is 0 Å². The maximum Gasteiger partial charge on any atom is 0.359 e. The van der Waals surface area contributed by atoms with Crippen LogP contribution in [0.3, 0.4) is 0 Å². The van der Waals surface area contributed by atoms with Gasteiger partial charge < -0.3 is 9.47 Å². The lowest BCUT2D eigenvalue weighted by molar-refractivity contribution is 0.0443. The summed E-state index contributed by atoms with van der Waals surface area (Å²) in [6.45, 7) is 2.55. The van der Waals surface area contributed by atoms with Gasteiger partial charge in [-0.25, -0.2) is 9.48 Å². The lowest BCUT2D eigenvalue weighted by Gasteiger charge is -2.11. The molecule has 0 saturated carbocycles. The van der Waals surface area contributed by atoms with E-state index in [0.29, 0.717) is 16.5 Å². The number of aromatic nitrogens is 2. The molecule has 0 bridgehead atoms. The second kappa shape index (κ2) is 9.26. The number of nitrogens with zero attached hydrogens (tertiary/aromatic N) is 2. The van der Waals surface area contributed by atoms with Crippen molar-refractivity contribution in [3.63, 3.8) is 0 Å². The molecule has 0 amide bonds. The van der Waals surface area contributed by atoms with Crippen molar-refractivity contribution in [2.24, 2.45) is 0 Å². The quantitative estimate of drug-likeness (QED) is 0.338. The number of benzene rings is 3. The molecule has 0 spiro atoms. The summed E-state index contributed by atoms with van der Waals surface area (Å²) in [5, 5.41) is 5.23. The van der Waals surface area contributed by atoms with E-state index < -0.39 is 5.97 Å². The van der Waals surface area contributed by atoms with Gasteiger partial charge in [-0.3, -0.25) is 4.79 Å². The molecule has 31 heavy (non-hydrogen) atoms. The van der Waals surface area contributed by atoms with Crippen LogP contribution in [-0.2, 0) is 11.3 Å². The first-order chi connectivity index (χ1) is 15.1. The molecule has 3 aromatic carbocycles. The van der Waals surface area contributed by atoms with Crippen molar-refractivity contribution in [1.29, 1.82) is 0 Å². The van der Waals surface area contributed by atoms with Gasteiger partial charge in [-0.1, -0.05) is 66.2 Å². The van der Waals surface area contributed by atoms with Crippen LogP contribution in [0.5, 0.6) is 5.75 Å². The Balaban J connectivity index is 1.52. The zero-order chi connectivity index (χ0) is 21.6. The molecule has 0 unspecified atom stereocenters. The van der Waals surface area contributed by atoms with Crippen molar-refractivity contribution in [2.75, 3.05) is 13.2 Å². The summed E-state index contributed by atoms with van der Waals surface area (Å²) < 4.78 is 12.3. The van der Waals surface area contributed by atoms with Crippen molar-refractivity contribution >= 4 is 16.7 Å². The normalized spacial score (nSPS) is 10.7. The molecule has 4 aromatic rings. The number of carbonyl (C=O) groups is 1. The van der Waals surface area contributed by atoms with Crippen LogP contribution in [0, 0.1) is 6.92 Å². The van der Waals surface area contributed by atoms with Gasteiger partial charge in [0, 0.05) is 5.39 Å². The van der Waals surface area contributed by atoms with E-state index in [1.54, 1.807) is 24.3 Å². The molecule has 0 aliphatic heterocycles. The first-order valence-electron chi connectivity index (χ1n) is 10.0. The number of hydrogen-bond acceptors (Lipinski definition) is 5. The fourth-order valence-electron chi connectivity index (χ4n) is 3.25. The number of fused-ring (bicyclic) bond motifs is 1. The van der Waals surface area contributed by atoms with E-state index in [1.165, 1.54) is 4.68 Å². The molecular weight excluding hydrogens is 392 g/mol. The summed E-state index contributed by atoms with van der Waals surface area (Å²) in [4.78, 5) is 25.7. The second-order valence-corrected chi connectivity index (χ2v) is 7.14. The highest BCUT2D eigenvalue weighted by Crippen LogP contribution is 2.15. The first-order valence-corrected chi connectivity index (χ1v) is 10.0. The van der Waals surface area contributed by atoms with Gasteiger partial charge in [0.1, 0.15) is 19.0 Å². The molecule has 6 nitrogen and oxygen atoms in total. The molecule has 0 atom stereocenters. The third-order valence-corrected chi connectivity index (χ3v) is 4.84. The van der Waals surface area contributed by atoms with Crippen LogP contribution in [0.2, 0.25) is 0 Å². The van der Waals surface area contributed by atoms with E-state index in [1.807, 2.05) is 61.5 Å². The third-order valence-electron chi connectivity index (χ3n) is 4.84. The SMILES string of the molecule is Cc1ccc(OCCOC(=O)c2nn(Cc3ccccc3)c(=O)c3ccccc23)cc1. The van der Waals surface area contributed by atoms with E-state index in [9.17, 15) is 9.59 Å². The highest BCUT2D eigenvalue weighted by atomic mass is 16.6. The second-order valence-electron chi connectivity index (χ2n) is 7.14. The van der Waals surface area contributed by atoms with Crippen molar-refractivity contribution in [1.82, 2.24) is 9.78 Å². The summed E-state index contributed by atoms with van der Waals surface area (Å²) in [5.74, 6) is 0.118. The van der Waals surface area contributed by atoms with Gasteiger partial charge >= 0.3 is 5.97 Å². The summed E-state index contributed by atoms with van der Waals surface area (Å²) in [7, 11) is 0. The van der Waals surface area contributed by atoms with Gasteiger partial charge in [-0.2, -0.15) is 5.10 Å². The molecule has 0 saturated heterocycles. The fraction of sp³-hybridized carbons (Fsp3) is 0.160. The number of rotatable bonds is 7. The average molecular weight is 414 g/mol. The molecule has 1 heterocycles. The Morgan fingerprint density at radius 3 is 2.29 bits per heavy atom. The minimum absolute atomic E-state index is 0.0700. The van der Waals surface area contributed by atoms with Gasteiger partial charge in [-0.15, -0.1) is 0 Å². The van der Waals surface area contributed by atoms with Gasteiger partial charge in [-0.05, 0) is 30.7 Å². The summed E-state index contributed by atoms with van der Waals surface area (Å²) in [6.07, 6.45) is 0. The van der Waals surface area contributed by atoms with Crippen molar-refractivity contribution in [3.8, 4) is 5.75 Å². The standard InChI is InChI=1S/C25H22N2O4/c1-18-11-13-20(14-12-18)30-15-16-31-25(29)23-21-9-5-6-10-22(21)24(28)27(26-23)17-19-7-3-2-4-8-19/h2-14H,15-17H2,1H3. The van der Waals surface area contributed by atoms with Crippen LogP contribution in [0.15, 0.2) is 83.7 Å². The van der Waals surface area contributed by atoms with E-state index in [-0.39, 0.29) is 31.0 Å². The Morgan fingerprint density at radius 1 is 0.871 bits per heavy atom. The number of ether oxygens (including phenoxy) is 2. The number of carbonyl (C=O) groups excluding carboxylic acids is 1. The Morgan fingerprint density at radius 2 is 1.55 bits per heavy atom. The highest BCUT2D eigenvalue weighted by molar-refractivity contribution is 6.02. The molecule has 6 heteroatoms. The fourth-order valence-corrected chi connectivity index (χ4v) is 3.25. The maximum atomic E-state index is 12.9. The van der Waals surface area contributed by atoms with Crippen LogP contribution in [0.25, 0.3) is 10.8 Å². The van der Waals surface area contributed by atoms with Gasteiger partial charge in [0.15, 0.2) is 5.69 Å².